The van der Waals surface area contributed by atoms with Gasteiger partial charge in [-0.2, -0.15) is 0 Å². The summed E-state index contributed by atoms with van der Waals surface area (Å²) in [6.45, 7) is 5.20. The Labute approximate surface area is 143 Å². The molecule has 2 heteroatoms. The molecule has 0 spiro atoms. The van der Waals surface area contributed by atoms with Crippen molar-refractivity contribution in [3.8, 4) is 5.75 Å². The van der Waals surface area contributed by atoms with Crippen molar-refractivity contribution in [1.29, 1.82) is 0 Å². The topological polar surface area (TPSA) is 21.3 Å². The van der Waals surface area contributed by atoms with Crippen molar-refractivity contribution in [1.82, 2.24) is 5.32 Å². The van der Waals surface area contributed by atoms with Gasteiger partial charge in [-0.15, -0.1) is 0 Å². The maximum Gasteiger partial charge on any atom is 0.123 e. The van der Waals surface area contributed by atoms with E-state index in [1.807, 2.05) is 0 Å². The van der Waals surface area contributed by atoms with Gasteiger partial charge in [0.1, 0.15) is 5.75 Å². The lowest BCUT2D eigenvalue weighted by atomic mass is 9.89. The maximum absolute atomic E-state index is 6.02. The summed E-state index contributed by atoms with van der Waals surface area (Å²) in [6.07, 6.45) is 13.5. The Morgan fingerprint density at radius 3 is 2.61 bits per heavy atom. The predicted molar refractivity (Wildman–Crippen MR) is 99.0 cm³/mol. The van der Waals surface area contributed by atoms with E-state index < -0.39 is 0 Å². The summed E-state index contributed by atoms with van der Waals surface area (Å²) < 4.78 is 6.02. The molecule has 1 N–H and O–H groups in total. The van der Waals surface area contributed by atoms with Gasteiger partial charge in [-0.1, -0.05) is 70.1 Å². The Balaban J connectivity index is 1.67. The summed E-state index contributed by atoms with van der Waals surface area (Å²) in [4.78, 5) is 0. The first-order valence-electron chi connectivity index (χ1n) is 9.81. The highest BCUT2D eigenvalue weighted by atomic mass is 16.5. The molecule has 23 heavy (non-hydrogen) atoms. The Kier molecular flexibility index (Phi) is 9.16. The van der Waals surface area contributed by atoms with Crippen LogP contribution in [0.3, 0.4) is 0 Å². The second-order valence-corrected chi connectivity index (χ2v) is 7.01. The monoisotopic (exact) mass is 317 g/mol. The van der Waals surface area contributed by atoms with Crippen molar-refractivity contribution in [3.05, 3.63) is 29.8 Å². The average molecular weight is 318 g/mol. The van der Waals surface area contributed by atoms with Gasteiger partial charge in [-0.3, -0.25) is 0 Å². The van der Waals surface area contributed by atoms with Crippen molar-refractivity contribution < 1.29 is 4.74 Å². The van der Waals surface area contributed by atoms with Crippen molar-refractivity contribution >= 4 is 0 Å². The third-order valence-corrected chi connectivity index (χ3v) is 4.95. The molecule has 0 unspecified atom stereocenters. The van der Waals surface area contributed by atoms with E-state index in [1.54, 1.807) is 0 Å². The first kappa shape index (κ1) is 18.3. The number of hydrogen-bond acceptors (Lipinski definition) is 2. The van der Waals surface area contributed by atoms with E-state index in [1.165, 1.54) is 69.8 Å². The van der Waals surface area contributed by atoms with Crippen LogP contribution in [0.5, 0.6) is 5.75 Å². The molecule has 0 atom stereocenters. The molecule has 130 valence electrons. The Morgan fingerprint density at radius 1 is 1.00 bits per heavy atom. The van der Waals surface area contributed by atoms with Gasteiger partial charge in [0.2, 0.25) is 0 Å². The minimum atomic E-state index is 0.851. The normalized spacial score (nSPS) is 15.7. The molecule has 0 heterocycles. The van der Waals surface area contributed by atoms with Gasteiger partial charge in [0.25, 0.3) is 0 Å². The molecule has 1 aromatic rings. The Bertz CT molecular complexity index is 412. The highest BCUT2D eigenvalue weighted by Crippen LogP contribution is 2.23. The number of para-hydroxylation sites is 1. The van der Waals surface area contributed by atoms with Crippen LogP contribution in [0.1, 0.15) is 76.7 Å². The van der Waals surface area contributed by atoms with Crippen molar-refractivity contribution in [3.63, 3.8) is 0 Å². The highest BCUT2D eigenvalue weighted by molar-refractivity contribution is 5.33. The number of nitrogens with one attached hydrogen (secondary N) is 1. The minimum Gasteiger partial charge on any atom is -0.493 e. The standard InChI is InChI=1S/C21H35NO/c1-2-3-4-5-11-16-23-21-15-10-9-14-20(21)18-22-17-19-12-7-6-8-13-19/h9-10,14-15,19,22H,2-8,11-13,16-18H2,1H3. The van der Waals surface area contributed by atoms with E-state index >= 15 is 0 Å². The van der Waals surface area contributed by atoms with Gasteiger partial charge in [0.15, 0.2) is 0 Å². The molecule has 2 rings (SSSR count). The van der Waals surface area contributed by atoms with Gasteiger partial charge in [0.05, 0.1) is 6.61 Å². The van der Waals surface area contributed by atoms with E-state index in [0.29, 0.717) is 0 Å². The third-order valence-electron chi connectivity index (χ3n) is 4.95. The van der Waals surface area contributed by atoms with E-state index in [2.05, 4.69) is 36.5 Å². The fourth-order valence-corrected chi connectivity index (χ4v) is 3.48. The molecule has 1 fully saturated rings. The van der Waals surface area contributed by atoms with Crippen LogP contribution in [0.15, 0.2) is 24.3 Å². The third kappa shape index (κ3) is 7.39. The molecule has 1 saturated carbocycles. The Hall–Kier alpha value is -1.02. The predicted octanol–water partition coefficient (Wildman–Crippen LogP) is 5.71. The molecular formula is C21H35NO. The number of hydrogen-bond donors (Lipinski definition) is 1. The van der Waals surface area contributed by atoms with Gasteiger partial charge in [-0.05, 0) is 37.8 Å². The summed E-state index contributed by atoms with van der Waals surface area (Å²) in [6, 6.07) is 8.51. The number of ether oxygens (including phenoxy) is 1. The molecule has 0 bridgehead atoms. The van der Waals surface area contributed by atoms with Crippen LogP contribution in [-0.2, 0) is 6.54 Å². The smallest absolute Gasteiger partial charge is 0.123 e. The molecule has 0 aliphatic heterocycles. The van der Waals surface area contributed by atoms with Gasteiger partial charge < -0.3 is 10.1 Å². The molecule has 1 aromatic carbocycles. The average Bonchev–Trinajstić information content (AvgIpc) is 2.60. The SMILES string of the molecule is CCCCCCCOc1ccccc1CNCC1CCCCC1. The number of unbranched alkanes of at least 4 members (excludes halogenated alkanes) is 4. The largest absolute Gasteiger partial charge is 0.493 e. The fraction of sp³-hybridized carbons (Fsp3) is 0.714. The molecule has 0 aromatic heterocycles. The van der Waals surface area contributed by atoms with Crippen LogP contribution < -0.4 is 10.1 Å². The molecule has 0 amide bonds. The van der Waals surface area contributed by atoms with Crippen LogP contribution in [0.2, 0.25) is 0 Å². The quantitative estimate of drug-likeness (QED) is 0.528. The van der Waals surface area contributed by atoms with Gasteiger partial charge in [-0.25, -0.2) is 0 Å². The van der Waals surface area contributed by atoms with E-state index in [9.17, 15) is 0 Å². The second kappa shape index (κ2) is 11.5. The lowest BCUT2D eigenvalue weighted by molar-refractivity contribution is 0.299. The number of rotatable bonds is 11. The minimum absolute atomic E-state index is 0.851. The van der Waals surface area contributed by atoms with E-state index in [0.717, 1.165) is 31.4 Å². The summed E-state index contributed by atoms with van der Waals surface area (Å²) >= 11 is 0. The lowest BCUT2D eigenvalue weighted by Gasteiger charge is -2.22. The molecular weight excluding hydrogens is 282 g/mol. The maximum atomic E-state index is 6.02. The summed E-state index contributed by atoms with van der Waals surface area (Å²) in [5, 5.41) is 3.65. The first-order valence-corrected chi connectivity index (χ1v) is 9.81. The van der Waals surface area contributed by atoms with Crippen molar-refractivity contribution in [2.45, 2.75) is 77.7 Å². The zero-order chi connectivity index (χ0) is 16.2. The molecule has 0 radical (unpaired) electrons. The lowest BCUT2D eigenvalue weighted by Crippen LogP contribution is -2.24. The van der Waals surface area contributed by atoms with E-state index in [-0.39, 0.29) is 0 Å². The zero-order valence-electron chi connectivity index (χ0n) is 15.0. The number of benzene rings is 1. The Morgan fingerprint density at radius 2 is 1.78 bits per heavy atom. The van der Waals surface area contributed by atoms with Crippen LogP contribution in [0.4, 0.5) is 0 Å². The molecule has 1 aliphatic rings. The fourth-order valence-electron chi connectivity index (χ4n) is 3.48. The summed E-state index contributed by atoms with van der Waals surface area (Å²) in [7, 11) is 0. The zero-order valence-corrected chi connectivity index (χ0v) is 15.0. The summed E-state index contributed by atoms with van der Waals surface area (Å²) in [5.74, 6) is 1.95. The second-order valence-electron chi connectivity index (χ2n) is 7.01. The van der Waals surface area contributed by atoms with E-state index in [4.69, 9.17) is 4.74 Å². The summed E-state index contributed by atoms with van der Waals surface area (Å²) in [5.41, 5.74) is 1.30. The van der Waals surface area contributed by atoms with Gasteiger partial charge >= 0.3 is 0 Å². The van der Waals surface area contributed by atoms with Crippen molar-refractivity contribution in [2.75, 3.05) is 13.2 Å². The van der Waals surface area contributed by atoms with Crippen LogP contribution in [-0.4, -0.2) is 13.2 Å². The molecule has 0 saturated heterocycles. The van der Waals surface area contributed by atoms with Crippen LogP contribution >= 0.6 is 0 Å². The molecule has 2 nitrogen and oxygen atoms in total. The van der Waals surface area contributed by atoms with Crippen molar-refractivity contribution in [2.24, 2.45) is 5.92 Å². The first-order chi connectivity index (χ1) is 11.4. The van der Waals surface area contributed by atoms with Gasteiger partial charge in [0, 0.05) is 12.1 Å². The van der Waals surface area contributed by atoms with Crippen LogP contribution in [0, 0.1) is 5.92 Å². The molecule has 1 aliphatic carbocycles. The highest BCUT2D eigenvalue weighted by Gasteiger charge is 2.13. The van der Waals surface area contributed by atoms with Crippen LogP contribution in [0.25, 0.3) is 0 Å².